The molecule has 0 bridgehead atoms. The highest BCUT2D eigenvalue weighted by atomic mass is 79.9. The van der Waals surface area contributed by atoms with Gasteiger partial charge in [0.1, 0.15) is 6.04 Å². The summed E-state index contributed by atoms with van der Waals surface area (Å²) >= 11 is 3.06. The van der Waals surface area contributed by atoms with Crippen LogP contribution in [-0.2, 0) is 14.8 Å². The third kappa shape index (κ3) is 3.13. The first-order valence-corrected chi connectivity index (χ1v) is 8.67. The van der Waals surface area contributed by atoms with Gasteiger partial charge in [0.25, 0.3) is 15.7 Å². The summed E-state index contributed by atoms with van der Waals surface area (Å²) in [5.41, 5.74) is -0.580. The van der Waals surface area contributed by atoms with Gasteiger partial charge in [-0.15, -0.1) is 0 Å². The van der Waals surface area contributed by atoms with Crippen LogP contribution in [0.15, 0.2) is 27.6 Å². The molecule has 1 fully saturated rings. The second kappa shape index (κ2) is 6.31. The number of benzene rings is 1. The maximum absolute atomic E-state index is 12.7. The van der Waals surface area contributed by atoms with E-state index in [1.54, 1.807) is 0 Å². The molecular formula is C12H13BrN2O6S. The average Bonchev–Trinajstić information content (AvgIpc) is 2.46. The number of nitro groups is 1. The molecule has 1 aliphatic heterocycles. The smallest absolute Gasteiger partial charge is 0.322 e. The van der Waals surface area contributed by atoms with Gasteiger partial charge in [-0.1, -0.05) is 15.9 Å². The number of piperidine rings is 1. The van der Waals surface area contributed by atoms with E-state index in [0.29, 0.717) is 17.3 Å². The predicted molar refractivity (Wildman–Crippen MR) is 80.0 cm³/mol. The zero-order chi connectivity index (χ0) is 16.5. The van der Waals surface area contributed by atoms with Crippen molar-refractivity contribution in [3.63, 3.8) is 0 Å². The van der Waals surface area contributed by atoms with Crippen LogP contribution in [0.25, 0.3) is 0 Å². The highest BCUT2D eigenvalue weighted by molar-refractivity contribution is 9.10. The van der Waals surface area contributed by atoms with Crippen molar-refractivity contribution in [2.45, 2.75) is 30.2 Å². The monoisotopic (exact) mass is 392 g/mol. The van der Waals surface area contributed by atoms with Gasteiger partial charge in [-0.3, -0.25) is 14.9 Å². The van der Waals surface area contributed by atoms with E-state index in [4.69, 9.17) is 0 Å². The van der Waals surface area contributed by atoms with Gasteiger partial charge < -0.3 is 5.11 Å². The molecule has 1 atom stereocenters. The molecule has 1 unspecified atom stereocenters. The molecule has 120 valence electrons. The normalized spacial score (nSPS) is 19.8. The number of carbonyl (C=O) groups is 1. The Balaban J connectivity index is 2.54. The molecule has 0 saturated carbocycles. The van der Waals surface area contributed by atoms with Crippen molar-refractivity contribution in [3.05, 3.63) is 32.8 Å². The third-order valence-corrected chi connectivity index (χ3v) is 5.89. The average molecular weight is 393 g/mol. The summed E-state index contributed by atoms with van der Waals surface area (Å²) < 4.78 is 26.6. The van der Waals surface area contributed by atoms with Crippen LogP contribution in [-0.4, -0.2) is 41.3 Å². The van der Waals surface area contributed by atoms with Crippen molar-refractivity contribution in [2.75, 3.05) is 6.54 Å². The summed E-state index contributed by atoms with van der Waals surface area (Å²) in [7, 11) is -4.26. The van der Waals surface area contributed by atoms with Crippen LogP contribution in [0.2, 0.25) is 0 Å². The van der Waals surface area contributed by atoms with Gasteiger partial charge in [0, 0.05) is 17.1 Å². The number of hydrogen-bond acceptors (Lipinski definition) is 5. The fraction of sp³-hybridized carbons (Fsp3) is 0.417. The van der Waals surface area contributed by atoms with Crippen molar-refractivity contribution < 1.29 is 23.2 Å². The Labute approximate surface area is 135 Å². The Morgan fingerprint density at radius 3 is 2.68 bits per heavy atom. The van der Waals surface area contributed by atoms with Crippen molar-refractivity contribution in [1.82, 2.24) is 4.31 Å². The Kier molecular flexibility index (Phi) is 4.83. The zero-order valence-corrected chi connectivity index (χ0v) is 13.7. The molecule has 1 saturated heterocycles. The second-order valence-corrected chi connectivity index (χ2v) is 7.61. The molecule has 0 amide bonds. The molecule has 0 aliphatic carbocycles. The van der Waals surface area contributed by atoms with Crippen LogP contribution in [0, 0.1) is 10.1 Å². The molecule has 8 nitrogen and oxygen atoms in total. The highest BCUT2D eigenvalue weighted by Gasteiger charge is 2.40. The number of carboxylic acids is 1. The second-order valence-electron chi connectivity index (χ2n) is 4.83. The van der Waals surface area contributed by atoms with E-state index in [1.165, 1.54) is 6.07 Å². The summed E-state index contributed by atoms with van der Waals surface area (Å²) in [5.74, 6) is -1.25. The van der Waals surface area contributed by atoms with Gasteiger partial charge in [-0.25, -0.2) is 8.42 Å². The fourth-order valence-electron chi connectivity index (χ4n) is 2.42. The van der Waals surface area contributed by atoms with Gasteiger partial charge >= 0.3 is 5.97 Å². The predicted octanol–water partition coefficient (Wildman–Crippen LogP) is 1.99. The van der Waals surface area contributed by atoms with E-state index in [-0.39, 0.29) is 13.0 Å². The molecule has 0 spiro atoms. The Morgan fingerprint density at radius 2 is 2.09 bits per heavy atom. The minimum Gasteiger partial charge on any atom is -0.480 e. The van der Waals surface area contributed by atoms with E-state index < -0.39 is 37.5 Å². The largest absolute Gasteiger partial charge is 0.480 e. The quantitative estimate of drug-likeness (QED) is 0.618. The maximum atomic E-state index is 12.7. The molecule has 22 heavy (non-hydrogen) atoms. The summed E-state index contributed by atoms with van der Waals surface area (Å²) in [6, 6.07) is 2.39. The number of carboxylic acid groups (broad SMARTS) is 1. The van der Waals surface area contributed by atoms with Crippen LogP contribution in [0.1, 0.15) is 19.3 Å². The first kappa shape index (κ1) is 16.8. The van der Waals surface area contributed by atoms with Crippen LogP contribution in [0.3, 0.4) is 0 Å². The van der Waals surface area contributed by atoms with Crippen molar-refractivity contribution in [3.8, 4) is 0 Å². The summed E-state index contributed by atoms with van der Waals surface area (Å²) in [5, 5.41) is 20.3. The molecule has 2 rings (SSSR count). The van der Waals surface area contributed by atoms with Gasteiger partial charge in [-0.2, -0.15) is 4.31 Å². The number of halogens is 1. The molecule has 1 heterocycles. The summed E-state index contributed by atoms with van der Waals surface area (Å²) in [4.78, 5) is 21.1. The number of sulfonamides is 1. The van der Waals surface area contributed by atoms with Crippen LogP contribution in [0.4, 0.5) is 5.69 Å². The molecule has 1 aromatic rings. The first-order chi connectivity index (χ1) is 10.2. The maximum Gasteiger partial charge on any atom is 0.322 e. The topological polar surface area (TPSA) is 118 Å². The Hall–Kier alpha value is -1.52. The molecular weight excluding hydrogens is 380 g/mol. The minimum absolute atomic E-state index is 0.0342. The Bertz CT molecular complexity index is 720. The molecule has 0 radical (unpaired) electrons. The number of nitrogens with zero attached hydrogens (tertiary/aromatic N) is 2. The molecule has 1 N–H and O–H groups in total. The summed E-state index contributed by atoms with van der Waals surface area (Å²) in [6.45, 7) is 0.0342. The standard InChI is InChI=1S/C12H13BrN2O6S/c13-8-4-5-11(10(7-8)15(18)19)22(20,21)14-6-2-1-3-9(14)12(16)17/h4-5,7,9H,1-3,6H2,(H,16,17). The van der Waals surface area contributed by atoms with E-state index >= 15 is 0 Å². The number of rotatable bonds is 4. The lowest BCUT2D eigenvalue weighted by Crippen LogP contribution is -2.47. The first-order valence-electron chi connectivity index (χ1n) is 6.43. The molecule has 0 aromatic heterocycles. The number of nitro benzene ring substituents is 1. The Morgan fingerprint density at radius 1 is 1.41 bits per heavy atom. The van der Waals surface area contributed by atoms with E-state index in [1.807, 2.05) is 0 Å². The summed E-state index contributed by atoms with van der Waals surface area (Å²) in [6.07, 6.45) is 1.32. The van der Waals surface area contributed by atoms with Gasteiger partial charge in [-0.05, 0) is 31.4 Å². The zero-order valence-electron chi connectivity index (χ0n) is 11.3. The van der Waals surface area contributed by atoms with E-state index in [9.17, 15) is 28.4 Å². The van der Waals surface area contributed by atoms with Crippen LogP contribution < -0.4 is 0 Å². The molecule has 10 heteroatoms. The highest BCUT2D eigenvalue weighted by Crippen LogP contribution is 2.32. The minimum atomic E-state index is -4.26. The van der Waals surface area contributed by atoms with E-state index in [2.05, 4.69) is 15.9 Å². The number of hydrogen-bond donors (Lipinski definition) is 1. The van der Waals surface area contributed by atoms with Gasteiger partial charge in [0.2, 0.25) is 0 Å². The fourth-order valence-corrected chi connectivity index (χ4v) is 4.56. The van der Waals surface area contributed by atoms with Crippen molar-refractivity contribution in [1.29, 1.82) is 0 Å². The van der Waals surface area contributed by atoms with Crippen LogP contribution >= 0.6 is 15.9 Å². The van der Waals surface area contributed by atoms with Crippen molar-refractivity contribution in [2.24, 2.45) is 0 Å². The van der Waals surface area contributed by atoms with Gasteiger partial charge in [0.05, 0.1) is 4.92 Å². The molecule has 1 aromatic carbocycles. The number of aliphatic carboxylic acids is 1. The van der Waals surface area contributed by atoms with E-state index in [0.717, 1.165) is 16.4 Å². The SMILES string of the molecule is O=C(O)C1CCCCN1S(=O)(=O)c1ccc(Br)cc1[N+](=O)[O-]. The lowest BCUT2D eigenvalue weighted by molar-refractivity contribution is -0.387. The lowest BCUT2D eigenvalue weighted by atomic mass is 10.1. The van der Waals surface area contributed by atoms with Gasteiger partial charge in [0.15, 0.2) is 4.90 Å². The lowest BCUT2D eigenvalue weighted by Gasteiger charge is -2.31. The third-order valence-electron chi connectivity index (χ3n) is 3.44. The van der Waals surface area contributed by atoms with Crippen LogP contribution in [0.5, 0.6) is 0 Å². The van der Waals surface area contributed by atoms with Crippen molar-refractivity contribution >= 4 is 37.6 Å². The molecule has 1 aliphatic rings.